The fourth-order valence-electron chi connectivity index (χ4n) is 0.663. The largest absolute Gasteiger partial charge is 0.296 e. The molecule has 0 aliphatic heterocycles. The minimum absolute atomic E-state index is 0.229. The van der Waals surface area contributed by atoms with Gasteiger partial charge in [-0.15, -0.1) is 0 Å². The third-order valence-corrected chi connectivity index (χ3v) is 2.94. The standard InChI is InChI=1S/C9H15NO4S/c1-4-15(13,14)6-5-8(11)10-9(12)7(2)3/h4,7H,1,5-6H2,2-3H3,(H,10,11,12). The van der Waals surface area contributed by atoms with Gasteiger partial charge in [0, 0.05) is 17.7 Å². The summed E-state index contributed by atoms with van der Waals surface area (Å²) in [6.07, 6.45) is -0.229. The van der Waals surface area contributed by atoms with Crippen molar-refractivity contribution in [3.63, 3.8) is 0 Å². The Morgan fingerprint density at radius 1 is 1.40 bits per heavy atom. The Bertz CT molecular complexity index is 356. The van der Waals surface area contributed by atoms with E-state index in [4.69, 9.17) is 0 Å². The van der Waals surface area contributed by atoms with Gasteiger partial charge in [-0.2, -0.15) is 0 Å². The van der Waals surface area contributed by atoms with Crippen molar-refractivity contribution in [2.45, 2.75) is 20.3 Å². The zero-order valence-corrected chi connectivity index (χ0v) is 9.63. The number of rotatable bonds is 5. The molecule has 1 N–H and O–H groups in total. The van der Waals surface area contributed by atoms with Crippen LogP contribution in [0, 0.1) is 5.92 Å². The summed E-state index contributed by atoms with van der Waals surface area (Å²) in [6.45, 7) is 6.40. The number of carbonyl (C=O) groups excluding carboxylic acids is 2. The van der Waals surface area contributed by atoms with Gasteiger partial charge in [-0.3, -0.25) is 14.9 Å². The smallest absolute Gasteiger partial charge is 0.229 e. The highest BCUT2D eigenvalue weighted by molar-refractivity contribution is 7.94. The van der Waals surface area contributed by atoms with Crippen LogP contribution in [0.3, 0.4) is 0 Å². The molecule has 5 nitrogen and oxygen atoms in total. The van der Waals surface area contributed by atoms with Crippen LogP contribution in [0.2, 0.25) is 0 Å². The second-order valence-electron chi connectivity index (χ2n) is 3.35. The molecule has 2 amide bonds. The minimum Gasteiger partial charge on any atom is -0.296 e. The van der Waals surface area contributed by atoms with Gasteiger partial charge in [0.2, 0.25) is 11.8 Å². The van der Waals surface area contributed by atoms with Crippen LogP contribution in [-0.2, 0) is 19.4 Å². The van der Waals surface area contributed by atoms with Crippen LogP contribution in [-0.4, -0.2) is 26.0 Å². The monoisotopic (exact) mass is 233 g/mol. The molecular weight excluding hydrogens is 218 g/mol. The summed E-state index contributed by atoms with van der Waals surface area (Å²) < 4.78 is 21.9. The number of carbonyl (C=O) groups is 2. The highest BCUT2D eigenvalue weighted by Gasteiger charge is 2.13. The molecule has 0 spiro atoms. The maximum Gasteiger partial charge on any atom is 0.229 e. The van der Waals surface area contributed by atoms with Crippen molar-refractivity contribution in [1.82, 2.24) is 5.32 Å². The third-order valence-electron chi connectivity index (χ3n) is 1.65. The Morgan fingerprint density at radius 3 is 2.33 bits per heavy atom. The van der Waals surface area contributed by atoms with Crippen LogP contribution in [0.4, 0.5) is 0 Å². The molecule has 0 atom stereocenters. The Labute approximate surface area is 89.5 Å². The fraction of sp³-hybridized carbons (Fsp3) is 0.556. The molecule has 86 valence electrons. The van der Waals surface area contributed by atoms with E-state index in [-0.39, 0.29) is 18.1 Å². The van der Waals surface area contributed by atoms with Crippen molar-refractivity contribution >= 4 is 21.7 Å². The minimum atomic E-state index is -3.38. The summed E-state index contributed by atoms with van der Waals surface area (Å²) in [6, 6.07) is 0. The van der Waals surface area contributed by atoms with Gasteiger partial charge < -0.3 is 0 Å². The topological polar surface area (TPSA) is 80.3 Å². The van der Waals surface area contributed by atoms with Gasteiger partial charge in [-0.1, -0.05) is 20.4 Å². The highest BCUT2D eigenvalue weighted by atomic mass is 32.2. The van der Waals surface area contributed by atoms with E-state index in [2.05, 4.69) is 11.9 Å². The van der Waals surface area contributed by atoms with Crippen molar-refractivity contribution in [3.8, 4) is 0 Å². The molecule has 0 unspecified atom stereocenters. The maximum atomic E-state index is 11.1. The third kappa shape index (κ3) is 6.01. The number of sulfone groups is 1. The second-order valence-corrected chi connectivity index (χ2v) is 5.42. The average molecular weight is 233 g/mol. The second kappa shape index (κ2) is 5.65. The van der Waals surface area contributed by atoms with E-state index in [1.165, 1.54) is 0 Å². The van der Waals surface area contributed by atoms with Gasteiger partial charge in [-0.25, -0.2) is 8.42 Å². The van der Waals surface area contributed by atoms with Crippen LogP contribution >= 0.6 is 0 Å². The highest BCUT2D eigenvalue weighted by Crippen LogP contribution is 1.96. The van der Waals surface area contributed by atoms with Crippen LogP contribution in [0.25, 0.3) is 0 Å². The van der Waals surface area contributed by atoms with E-state index in [1.807, 2.05) is 0 Å². The van der Waals surface area contributed by atoms with E-state index in [1.54, 1.807) is 13.8 Å². The van der Waals surface area contributed by atoms with Gasteiger partial charge in [0.15, 0.2) is 9.84 Å². The molecule has 0 saturated heterocycles. The van der Waals surface area contributed by atoms with E-state index in [0.29, 0.717) is 0 Å². The number of imide groups is 1. The Hall–Kier alpha value is -1.17. The molecule has 0 fully saturated rings. The molecule has 0 radical (unpaired) electrons. The van der Waals surface area contributed by atoms with Crippen LogP contribution < -0.4 is 5.32 Å². The Kier molecular flexibility index (Phi) is 5.21. The molecule has 0 rings (SSSR count). The molecule has 0 aromatic rings. The molecule has 15 heavy (non-hydrogen) atoms. The Balaban J connectivity index is 4.07. The van der Waals surface area contributed by atoms with E-state index < -0.39 is 21.7 Å². The number of hydrogen-bond donors (Lipinski definition) is 1. The molecule has 0 aromatic carbocycles. The predicted octanol–water partition coefficient (Wildman–Crippen LogP) is 0.234. The molecule has 6 heteroatoms. The molecule has 0 aliphatic carbocycles. The molecular formula is C9H15NO4S. The van der Waals surface area contributed by atoms with E-state index >= 15 is 0 Å². The number of hydrogen-bond acceptors (Lipinski definition) is 4. The normalized spacial score (nSPS) is 11.1. The summed E-state index contributed by atoms with van der Waals surface area (Å²) >= 11 is 0. The van der Waals surface area contributed by atoms with E-state index in [9.17, 15) is 18.0 Å². The quantitative estimate of drug-likeness (QED) is 0.737. The van der Waals surface area contributed by atoms with Crippen molar-refractivity contribution in [3.05, 3.63) is 12.0 Å². The van der Waals surface area contributed by atoms with Crippen LogP contribution in [0.5, 0.6) is 0 Å². The summed E-state index contributed by atoms with van der Waals surface area (Å²) in [5.41, 5.74) is 0. The lowest BCUT2D eigenvalue weighted by Crippen LogP contribution is -2.34. The summed E-state index contributed by atoms with van der Waals surface area (Å²) in [5.74, 6) is -1.62. The average Bonchev–Trinajstić information content (AvgIpc) is 2.15. The predicted molar refractivity (Wildman–Crippen MR) is 56.6 cm³/mol. The van der Waals surface area contributed by atoms with Crippen molar-refractivity contribution in [2.75, 3.05) is 5.75 Å². The number of amides is 2. The van der Waals surface area contributed by atoms with Crippen LogP contribution in [0.15, 0.2) is 12.0 Å². The lowest BCUT2D eigenvalue weighted by Gasteiger charge is -2.05. The maximum absolute atomic E-state index is 11.1. The molecule has 0 aromatic heterocycles. The van der Waals surface area contributed by atoms with Crippen molar-refractivity contribution in [1.29, 1.82) is 0 Å². The van der Waals surface area contributed by atoms with E-state index in [0.717, 1.165) is 5.41 Å². The van der Waals surface area contributed by atoms with Gasteiger partial charge in [0.05, 0.1) is 5.75 Å². The summed E-state index contributed by atoms with van der Waals surface area (Å²) in [5, 5.41) is 2.90. The van der Waals surface area contributed by atoms with Crippen LogP contribution in [0.1, 0.15) is 20.3 Å². The molecule has 0 heterocycles. The fourth-order valence-corrected chi connectivity index (χ4v) is 1.30. The first kappa shape index (κ1) is 13.8. The zero-order chi connectivity index (χ0) is 12.1. The first-order valence-electron chi connectivity index (χ1n) is 4.47. The molecule has 0 saturated carbocycles. The lowest BCUT2D eigenvalue weighted by molar-refractivity contribution is -0.132. The van der Waals surface area contributed by atoms with Gasteiger partial charge in [0.1, 0.15) is 0 Å². The zero-order valence-electron chi connectivity index (χ0n) is 8.82. The lowest BCUT2D eigenvalue weighted by atomic mass is 10.2. The van der Waals surface area contributed by atoms with Crippen molar-refractivity contribution in [2.24, 2.45) is 5.92 Å². The first-order chi connectivity index (χ1) is 6.78. The van der Waals surface area contributed by atoms with Gasteiger partial charge in [-0.05, 0) is 0 Å². The van der Waals surface area contributed by atoms with Gasteiger partial charge >= 0.3 is 0 Å². The van der Waals surface area contributed by atoms with Gasteiger partial charge in [0.25, 0.3) is 0 Å². The molecule has 0 aliphatic rings. The molecule has 0 bridgehead atoms. The number of nitrogens with one attached hydrogen (secondary N) is 1. The Morgan fingerprint density at radius 2 is 1.93 bits per heavy atom. The van der Waals surface area contributed by atoms with Crippen molar-refractivity contribution < 1.29 is 18.0 Å². The SMILES string of the molecule is C=CS(=O)(=O)CCC(=O)NC(=O)C(C)C. The summed E-state index contributed by atoms with van der Waals surface area (Å²) in [4.78, 5) is 22.1. The summed E-state index contributed by atoms with van der Waals surface area (Å²) in [7, 11) is -3.38. The first-order valence-corrected chi connectivity index (χ1v) is 6.19.